The monoisotopic (exact) mass is 493 g/mol. The highest BCUT2D eigenvalue weighted by Crippen LogP contribution is 2.39. The van der Waals surface area contributed by atoms with Crippen LogP contribution in [0.15, 0.2) is 30.5 Å². The molecule has 2 N–H and O–H groups in total. The van der Waals surface area contributed by atoms with Crippen LogP contribution in [0.5, 0.6) is 17.4 Å². The van der Waals surface area contributed by atoms with Crippen molar-refractivity contribution in [2.75, 3.05) is 25.2 Å². The predicted octanol–water partition coefficient (Wildman–Crippen LogP) is 2.92. The molecule has 0 spiro atoms. The SMILES string of the molecule is CN(c1cnc(-c2ccc(-c3cc4c(nn3)OCCO4)cc2O)nn1)[C@@H]1C[C@@H]2CCC[C@](C)(N2)[C@@H]1F. The summed E-state index contributed by atoms with van der Waals surface area (Å²) >= 11 is 0. The number of phenolic OH excluding ortho intramolecular Hbond substituents is 1. The molecule has 4 atom stereocenters. The number of nitrogens with zero attached hydrogens (tertiary/aromatic N) is 6. The number of piperidine rings is 2. The van der Waals surface area contributed by atoms with Crippen molar-refractivity contribution in [3.8, 4) is 40.0 Å². The van der Waals surface area contributed by atoms with Crippen molar-refractivity contribution < 1.29 is 19.0 Å². The molecule has 0 amide bonds. The maximum Gasteiger partial charge on any atom is 0.276 e. The first kappa shape index (κ1) is 22.8. The molecule has 3 aliphatic rings. The topological polar surface area (TPSA) is 118 Å². The molecular weight excluding hydrogens is 465 g/mol. The molecule has 6 rings (SSSR count). The number of hydrogen-bond donors (Lipinski definition) is 2. The molecule has 2 saturated heterocycles. The number of alkyl halides is 1. The normalized spacial score (nSPS) is 26.9. The second-order valence-corrected chi connectivity index (χ2v) is 9.93. The summed E-state index contributed by atoms with van der Waals surface area (Å²) in [5, 5.41) is 30.9. The Morgan fingerprint density at radius 1 is 1.14 bits per heavy atom. The summed E-state index contributed by atoms with van der Waals surface area (Å²) in [6, 6.07) is 6.80. The molecule has 0 unspecified atom stereocenters. The van der Waals surface area contributed by atoms with Gasteiger partial charge < -0.3 is 24.8 Å². The van der Waals surface area contributed by atoms with E-state index in [1.54, 1.807) is 30.5 Å². The van der Waals surface area contributed by atoms with Crippen LogP contribution in [0.1, 0.15) is 32.6 Å². The number of phenols is 1. The summed E-state index contributed by atoms with van der Waals surface area (Å²) < 4.78 is 26.5. The fourth-order valence-electron chi connectivity index (χ4n) is 5.51. The summed E-state index contributed by atoms with van der Waals surface area (Å²) in [5.41, 5.74) is 1.11. The molecule has 10 nitrogen and oxygen atoms in total. The lowest BCUT2D eigenvalue weighted by Crippen LogP contribution is -2.68. The maximum atomic E-state index is 15.5. The first-order chi connectivity index (χ1) is 17.4. The standard InChI is InChI=1S/C25H28FN7O3/c1-25-7-3-4-15(28-25)11-18(22(25)26)33(2)21-13-27-23(31-30-21)16-6-5-14(10-19(16)34)17-12-20-24(32-29-17)36-9-8-35-20/h5-6,10,12-13,15,18,22,28,34H,3-4,7-9,11H2,1-2H3/t15-,18+,22+,25-/m0/s1. The third-order valence-electron chi connectivity index (χ3n) is 7.50. The van der Waals surface area contributed by atoms with E-state index in [2.05, 4.69) is 30.7 Å². The van der Waals surface area contributed by atoms with Gasteiger partial charge in [-0.05, 0) is 44.7 Å². The zero-order valence-corrected chi connectivity index (χ0v) is 20.2. The van der Waals surface area contributed by atoms with Crippen molar-refractivity contribution >= 4 is 5.82 Å². The number of fused-ring (bicyclic) bond motifs is 3. The van der Waals surface area contributed by atoms with Crippen LogP contribution < -0.4 is 19.7 Å². The molecule has 3 aliphatic heterocycles. The Hall–Kier alpha value is -3.60. The van der Waals surface area contributed by atoms with Crippen LogP contribution in [0, 0.1) is 0 Å². The molecule has 2 bridgehead atoms. The highest BCUT2D eigenvalue weighted by molar-refractivity contribution is 5.72. The molecule has 2 fully saturated rings. The Morgan fingerprint density at radius 3 is 2.81 bits per heavy atom. The summed E-state index contributed by atoms with van der Waals surface area (Å²) in [6.07, 6.45) is 4.19. The van der Waals surface area contributed by atoms with Gasteiger partial charge in [-0.15, -0.1) is 20.4 Å². The van der Waals surface area contributed by atoms with Crippen LogP contribution in [-0.2, 0) is 0 Å². The Labute approximate surface area is 207 Å². The Kier molecular flexibility index (Phi) is 5.59. The lowest BCUT2D eigenvalue weighted by molar-refractivity contribution is 0.0405. The minimum absolute atomic E-state index is 0.0185. The minimum atomic E-state index is -1.03. The van der Waals surface area contributed by atoms with Crippen LogP contribution in [0.4, 0.5) is 10.2 Å². The molecule has 2 aromatic heterocycles. The predicted molar refractivity (Wildman–Crippen MR) is 130 cm³/mol. The number of hydrogen-bond acceptors (Lipinski definition) is 10. The first-order valence-corrected chi connectivity index (χ1v) is 12.2. The van der Waals surface area contributed by atoms with Crippen molar-refractivity contribution in [3.63, 3.8) is 0 Å². The molecule has 3 aromatic rings. The molecule has 0 radical (unpaired) electrons. The zero-order chi connectivity index (χ0) is 24.9. The van der Waals surface area contributed by atoms with Gasteiger partial charge in [-0.3, -0.25) is 0 Å². The molecule has 0 aliphatic carbocycles. The van der Waals surface area contributed by atoms with E-state index in [-0.39, 0.29) is 17.6 Å². The van der Waals surface area contributed by atoms with E-state index in [1.807, 2.05) is 18.9 Å². The van der Waals surface area contributed by atoms with E-state index in [4.69, 9.17) is 9.47 Å². The number of aromatic nitrogens is 5. The molecule has 0 saturated carbocycles. The Morgan fingerprint density at radius 2 is 2.00 bits per heavy atom. The van der Waals surface area contributed by atoms with Crippen LogP contribution in [0.25, 0.3) is 22.6 Å². The van der Waals surface area contributed by atoms with Gasteiger partial charge in [0.2, 0.25) is 0 Å². The average molecular weight is 494 g/mol. The van der Waals surface area contributed by atoms with Gasteiger partial charge in [0.1, 0.15) is 25.1 Å². The lowest BCUT2D eigenvalue weighted by atomic mass is 9.73. The van der Waals surface area contributed by atoms with Gasteiger partial charge in [-0.1, -0.05) is 6.07 Å². The molecular formula is C25H28FN7O3. The number of nitrogens with one attached hydrogen (secondary N) is 1. The van der Waals surface area contributed by atoms with Crippen LogP contribution in [-0.4, -0.2) is 74.5 Å². The van der Waals surface area contributed by atoms with E-state index in [0.717, 1.165) is 19.3 Å². The second kappa shape index (κ2) is 8.81. The quantitative estimate of drug-likeness (QED) is 0.562. The van der Waals surface area contributed by atoms with Gasteiger partial charge >= 0.3 is 0 Å². The summed E-state index contributed by atoms with van der Waals surface area (Å²) in [7, 11) is 1.84. The smallest absolute Gasteiger partial charge is 0.276 e. The second-order valence-electron chi connectivity index (χ2n) is 9.93. The zero-order valence-electron chi connectivity index (χ0n) is 20.2. The van der Waals surface area contributed by atoms with Crippen molar-refractivity contribution in [2.45, 2.75) is 56.4 Å². The van der Waals surface area contributed by atoms with Gasteiger partial charge in [-0.25, -0.2) is 9.37 Å². The summed E-state index contributed by atoms with van der Waals surface area (Å²) in [4.78, 5) is 6.27. The van der Waals surface area contributed by atoms with Crippen molar-refractivity contribution in [1.29, 1.82) is 0 Å². The van der Waals surface area contributed by atoms with Gasteiger partial charge in [0.05, 0.1) is 23.5 Å². The molecule has 188 valence electrons. The number of halogens is 1. The van der Waals surface area contributed by atoms with E-state index >= 15 is 4.39 Å². The van der Waals surface area contributed by atoms with Crippen LogP contribution in [0.2, 0.25) is 0 Å². The highest BCUT2D eigenvalue weighted by atomic mass is 19.1. The van der Waals surface area contributed by atoms with E-state index in [1.165, 1.54) is 0 Å². The molecule has 5 heterocycles. The third kappa shape index (κ3) is 3.97. The van der Waals surface area contributed by atoms with E-state index in [0.29, 0.717) is 59.9 Å². The summed E-state index contributed by atoms with van der Waals surface area (Å²) in [6.45, 7) is 2.85. The van der Waals surface area contributed by atoms with Gasteiger partial charge in [0.25, 0.3) is 5.88 Å². The van der Waals surface area contributed by atoms with Gasteiger partial charge in [0.15, 0.2) is 17.4 Å². The Bertz CT molecular complexity index is 1280. The van der Waals surface area contributed by atoms with Gasteiger partial charge in [0, 0.05) is 30.3 Å². The molecule has 11 heteroatoms. The van der Waals surface area contributed by atoms with Crippen LogP contribution in [0.3, 0.4) is 0 Å². The average Bonchev–Trinajstić information content (AvgIpc) is 2.90. The first-order valence-electron chi connectivity index (χ1n) is 12.2. The number of anilines is 1. The molecule has 1 aromatic carbocycles. The van der Waals surface area contributed by atoms with E-state index < -0.39 is 11.7 Å². The van der Waals surface area contributed by atoms with Crippen molar-refractivity contribution in [1.82, 2.24) is 30.7 Å². The van der Waals surface area contributed by atoms with Gasteiger partial charge in [-0.2, -0.15) is 0 Å². The summed E-state index contributed by atoms with van der Waals surface area (Å²) in [5.74, 6) is 1.63. The minimum Gasteiger partial charge on any atom is -0.507 e. The fraction of sp³-hybridized carbons (Fsp3) is 0.480. The Balaban J connectivity index is 1.21. The maximum absolute atomic E-state index is 15.5. The third-order valence-corrected chi connectivity index (χ3v) is 7.50. The molecule has 36 heavy (non-hydrogen) atoms. The number of rotatable bonds is 4. The number of aromatic hydroxyl groups is 1. The van der Waals surface area contributed by atoms with Crippen molar-refractivity contribution in [3.05, 3.63) is 30.5 Å². The number of ether oxygens (including phenoxy) is 2. The lowest BCUT2D eigenvalue weighted by Gasteiger charge is -2.52. The highest BCUT2D eigenvalue weighted by Gasteiger charge is 2.49. The number of benzene rings is 1. The van der Waals surface area contributed by atoms with E-state index in [9.17, 15) is 5.11 Å². The van der Waals surface area contributed by atoms with Crippen LogP contribution >= 0.6 is 0 Å². The largest absolute Gasteiger partial charge is 0.507 e. The fourth-order valence-corrected chi connectivity index (χ4v) is 5.51. The van der Waals surface area contributed by atoms with Crippen molar-refractivity contribution in [2.24, 2.45) is 0 Å².